The lowest BCUT2D eigenvalue weighted by atomic mass is 10.1. The predicted molar refractivity (Wildman–Crippen MR) is 77.3 cm³/mol. The zero-order valence-corrected chi connectivity index (χ0v) is 11.6. The Labute approximate surface area is 117 Å². The Hall–Kier alpha value is -2.37. The summed E-state index contributed by atoms with van der Waals surface area (Å²) in [5.74, 6) is 9.12. The molecule has 20 heavy (non-hydrogen) atoms. The van der Waals surface area contributed by atoms with Crippen molar-refractivity contribution in [3.8, 4) is 22.8 Å². The molecule has 1 aliphatic rings. The number of nitrogen functional groups attached to an aromatic ring is 2. The lowest BCUT2D eigenvalue weighted by Crippen LogP contribution is -2.14. The van der Waals surface area contributed by atoms with Gasteiger partial charge in [0.05, 0.1) is 14.2 Å². The second kappa shape index (κ2) is 4.63. The second-order valence-corrected chi connectivity index (χ2v) is 4.91. The van der Waals surface area contributed by atoms with Crippen molar-refractivity contribution in [2.45, 2.75) is 18.8 Å². The Bertz CT molecular complexity index is 647. The van der Waals surface area contributed by atoms with Crippen molar-refractivity contribution in [3.63, 3.8) is 0 Å². The minimum absolute atomic E-state index is 0.424. The summed E-state index contributed by atoms with van der Waals surface area (Å²) in [7, 11) is 3.23. The van der Waals surface area contributed by atoms with Gasteiger partial charge in [-0.2, -0.15) is 0 Å². The number of hydrogen-bond donors (Lipinski definition) is 2. The highest BCUT2D eigenvalue weighted by Gasteiger charge is 2.31. The van der Waals surface area contributed by atoms with E-state index >= 15 is 0 Å². The molecule has 6 nitrogen and oxygen atoms in total. The van der Waals surface area contributed by atoms with Gasteiger partial charge >= 0.3 is 0 Å². The van der Waals surface area contributed by atoms with E-state index in [-0.39, 0.29) is 0 Å². The Morgan fingerprint density at radius 2 is 2.00 bits per heavy atom. The van der Waals surface area contributed by atoms with E-state index in [4.69, 9.17) is 21.1 Å². The zero-order valence-electron chi connectivity index (χ0n) is 11.6. The molecule has 0 unspecified atom stereocenters. The minimum Gasteiger partial charge on any atom is -0.497 e. The fourth-order valence-corrected chi connectivity index (χ4v) is 2.29. The maximum Gasteiger partial charge on any atom is 0.151 e. The van der Waals surface area contributed by atoms with E-state index in [1.807, 2.05) is 18.2 Å². The van der Waals surface area contributed by atoms with E-state index < -0.39 is 0 Å². The van der Waals surface area contributed by atoms with Crippen LogP contribution in [0.2, 0.25) is 0 Å². The van der Waals surface area contributed by atoms with Crippen LogP contribution in [-0.4, -0.2) is 23.9 Å². The van der Waals surface area contributed by atoms with E-state index in [2.05, 4.69) is 4.98 Å². The first-order valence-corrected chi connectivity index (χ1v) is 6.51. The molecule has 6 heteroatoms. The maximum atomic E-state index is 6.10. The van der Waals surface area contributed by atoms with Gasteiger partial charge in [0.1, 0.15) is 23.0 Å². The van der Waals surface area contributed by atoms with Gasteiger partial charge in [0.15, 0.2) is 5.82 Å². The lowest BCUT2D eigenvalue weighted by molar-refractivity contribution is 0.404. The van der Waals surface area contributed by atoms with Crippen molar-refractivity contribution in [2.75, 3.05) is 25.8 Å². The highest BCUT2D eigenvalue weighted by molar-refractivity contribution is 5.77. The standard InChI is InChI=1S/C14H18N4O2/c1-19-9-5-6-11(20-2)10(7-9)12-13(15)18(16)14(17-12)8-3-4-8/h5-8H,3-4,15-16H2,1-2H3. The monoisotopic (exact) mass is 274 g/mol. The van der Waals surface area contributed by atoms with Gasteiger partial charge in [0.2, 0.25) is 0 Å². The van der Waals surface area contributed by atoms with Gasteiger partial charge in [0, 0.05) is 11.5 Å². The highest BCUT2D eigenvalue weighted by atomic mass is 16.5. The summed E-state index contributed by atoms with van der Waals surface area (Å²) in [6.45, 7) is 0. The van der Waals surface area contributed by atoms with E-state index in [0.29, 0.717) is 23.2 Å². The third-order valence-electron chi connectivity index (χ3n) is 3.58. The summed E-state index contributed by atoms with van der Waals surface area (Å²) in [6.07, 6.45) is 2.23. The number of imidazole rings is 1. The number of rotatable bonds is 4. The Kier molecular flexibility index (Phi) is 2.93. The van der Waals surface area contributed by atoms with Gasteiger partial charge in [0.25, 0.3) is 0 Å². The number of aromatic nitrogens is 2. The first-order valence-electron chi connectivity index (χ1n) is 6.51. The number of anilines is 1. The fourth-order valence-electron chi connectivity index (χ4n) is 2.29. The molecule has 1 fully saturated rings. The summed E-state index contributed by atoms with van der Waals surface area (Å²) >= 11 is 0. The van der Waals surface area contributed by atoms with Crippen LogP contribution in [0.1, 0.15) is 24.6 Å². The summed E-state index contributed by atoms with van der Waals surface area (Å²) in [4.78, 5) is 4.60. The molecule has 1 saturated carbocycles. The van der Waals surface area contributed by atoms with Crippen molar-refractivity contribution in [1.82, 2.24) is 9.66 Å². The first-order chi connectivity index (χ1) is 9.65. The molecule has 0 amide bonds. The molecule has 0 aliphatic heterocycles. The maximum absolute atomic E-state index is 6.10. The molecule has 1 aromatic heterocycles. The topological polar surface area (TPSA) is 88.3 Å². The van der Waals surface area contributed by atoms with E-state index in [9.17, 15) is 0 Å². The molecule has 3 rings (SSSR count). The predicted octanol–water partition coefficient (Wildman–Crippen LogP) is 1.74. The molecule has 0 saturated heterocycles. The smallest absolute Gasteiger partial charge is 0.151 e. The fraction of sp³-hybridized carbons (Fsp3) is 0.357. The molecule has 0 bridgehead atoms. The van der Waals surface area contributed by atoms with Gasteiger partial charge in [-0.05, 0) is 31.0 Å². The van der Waals surface area contributed by atoms with Gasteiger partial charge in [-0.25, -0.2) is 9.66 Å². The van der Waals surface area contributed by atoms with Crippen LogP contribution in [0.5, 0.6) is 11.5 Å². The van der Waals surface area contributed by atoms with Crippen molar-refractivity contribution in [1.29, 1.82) is 0 Å². The number of nitrogens with zero attached hydrogens (tertiary/aromatic N) is 2. The number of methoxy groups -OCH3 is 2. The third kappa shape index (κ3) is 1.93. The lowest BCUT2D eigenvalue weighted by Gasteiger charge is -2.09. The second-order valence-electron chi connectivity index (χ2n) is 4.91. The molecule has 106 valence electrons. The van der Waals surface area contributed by atoms with E-state index in [1.54, 1.807) is 14.2 Å². The van der Waals surface area contributed by atoms with Gasteiger partial charge < -0.3 is 21.1 Å². The highest BCUT2D eigenvalue weighted by Crippen LogP contribution is 2.43. The molecule has 1 heterocycles. The normalized spacial score (nSPS) is 14.3. The van der Waals surface area contributed by atoms with Crippen molar-refractivity contribution in [2.24, 2.45) is 0 Å². The van der Waals surface area contributed by atoms with Crippen molar-refractivity contribution < 1.29 is 9.47 Å². The largest absolute Gasteiger partial charge is 0.497 e. The van der Waals surface area contributed by atoms with Crippen LogP contribution in [0.4, 0.5) is 5.82 Å². The van der Waals surface area contributed by atoms with Crippen molar-refractivity contribution >= 4 is 5.82 Å². The third-order valence-corrected chi connectivity index (χ3v) is 3.58. The Morgan fingerprint density at radius 3 is 2.60 bits per heavy atom. The minimum atomic E-state index is 0.424. The number of hydrogen-bond acceptors (Lipinski definition) is 5. The van der Waals surface area contributed by atoms with E-state index in [0.717, 1.165) is 30.0 Å². The molecule has 1 aromatic carbocycles. The van der Waals surface area contributed by atoms with Crippen LogP contribution in [0.25, 0.3) is 11.3 Å². The van der Waals surface area contributed by atoms with Gasteiger partial charge in [-0.3, -0.25) is 0 Å². The molecule has 0 atom stereocenters. The molecular weight excluding hydrogens is 256 g/mol. The zero-order chi connectivity index (χ0) is 14.3. The van der Waals surface area contributed by atoms with Crippen LogP contribution in [0.15, 0.2) is 18.2 Å². The summed E-state index contributed by atoms with van der Waals surface area (Å²) in [5, 5.41) is 0. The van der Waals surface area contributed by atoms with Gasteiger partial charge in [-0.1, -0.05) is 0 Å². The van der Waals surface area contributed by atoms with Crippen molar-refractivity contribution in [3.05, 3.63) is 24.0 Å². The van der Waals surface area contributed by atoms with Crippen LogP contribution >= 0.6 is 0 Å². The summed E-state index contributed by atoms with van der Waals surface area (Å²) in [5.41, 5.74) is 7.53. The van der Waals surface area contributed by atoms with Crippen LogP contribution in [-0.2, 0) is 0 Å². The average molecular weight is 274 g/mol. The molecule has 0 radical (unpaired) electrons. The molecule has 1 aliphatic carbocycles. The molecule has 2 aromatic rings. The van der Waals surface area contributed by atoms with Crippen LogP contribution < -0.4 is 21.1 Å². The van der Waals surface area contributed by atoms with E-state index in [1.165, 1.54) is 4.68 Å². The summed E-state index contributed by atoms with van der Waals surface area (Å²) < 4.78 is 12.1. The number of ether oxygens (including phenoxy) is 2. The average Bonchev–Trinajstić information content (AvgIpc) is 3.27. The molecule has 0 spiro atoms. The Balaban J connectivity index is 2.14. The van der Waals surface area contributed by atoms with Crippen LogP contribution in [0, 0.1) is 0 Å². The van der Waals surface area contributed by atoms with Gasteiger partial charge in [-0.15, -0.1) is 0 Å². The molecule has 4 N–H and O–H groups in total. The quantitative estimate of drug-likeness (QED) is 0.829. The Morgan fingerprint density at radius 1 is 1.25 bits per heavy atom. The number of nitrogens with two attached hydrogens (primary N) is 2. The SMILES string of the molecule is COc1ccc(OC)c(-c2nc(C3CC3)n(N)c2N)c1. The first kappa shape index (κ1) is 12.7. The summed E-state index contributed by atoms with van der Waals surface area (Å²) in [6, 6.07) is 5.52. The molecular formula is C14H18N4O2. The van der Waals surface area contributed by atoms with Crippen LogP contribution in [0.3, 0.4) is 0 Å². The number of benzene rings is 1.